The summed E-state index contributed by atoms with van der Waals surface area (Å²) in [6.45, 7) is 5.90. The molecule has 1 aliphatic rings. The summed E-state index contributed by atoms with van der Waals surface area (Å²) in [5.74, 6) is 1.10. The molecule has 0 spiro atoms. The summed E-state index contributed by atoms with van der Waals surface area (Å²) in [4.78, 5) is 6.89. The van der Waals surface area contributed by atoms with Crippen LogP contribution in [0.3, 0.4) is 0 Å². The molecule has 2 atom stereocenters. The van der Waals surface area contributed by atoms with Gasteiger partial charge in [0.15, 0.2) is 0 Å². The first kappa shape index (κ1) is 16.9. The Kier molecular flexibility index (Phi) is 5.95. The van der Waals surface area contributed by atoms with E-state index in [0.717, 1.165) is 31.9 Å². The number of hydrogen-bond donors (Lipinski definition) is 1. The van der Waals surface area contributed by atoms with Crippen molar-refractivity contribution in [1.82, 2.24) is 9.88 Å². The van der Waals surface area contributed by atoms with Crippen molar-refractivity contribution in [2.75, 3.05) is 19.6 Å². The van der Waals surface area contributed by atoms with Gasteiger partial charge in [-0.2, -0.15) is 0 Å². The minimum atomic E-state index is 0. The smallest absolute Gasteiger partial charge is 0.0372 e. The second-order valence-electron chi connectivity index (χ2n) is 6.01. The van der Waals surface area contributed by atoms with Crippen LogP contribution in [0.1, 0.15) is 22.7 Å². The Morgan fingerprint density at radius 3 is 2.55 bits per heavy atom. The fraction of sp³-hybridized carbons (Fsp3) is 0.389. The third kappa shape index (κ3) is 3.86. The monoisotopic (exact) mass is 317 g/mol. The Morgan fingerprint density at radius 1 is 1.14 bits per heavy atom. The highest BCUT2D eigenvalue weighted by Gasteiger charge is 2.32. The molecule has 0 unspecified atom stereocenters. The van der Waals surface area contributed by atoms with Gasteiger partial charge in [0.1, 0.15) is 0 Å². The van der Waals surface area contributed by atoms with Crippen molar-refractivity contribution in [2.24, 2.45) is 11.7 Å². The van der Waals surface area contributed by atoms with Gasteiger partial charge in [-0.25, -0.2) is 0 Å². The van der Waals surface area contributed by atoms with Gasteiger partial charge in [0.25, 0.3) is 0 Å². The van der Waals surface area contributed by atoms with E-state index in [9.17, 15) is 0 Å². The number of aryl methyl sites for hydroxylation is 1. The van der Waals surface area contributed by atoms with Crippen LogP contribution in [0.25, 0.3) is 0 Å². The Morgan fingerprint density at radius 2 is 1.91 bits per heavy atom. The van der Waals surface area contributed by atoms with Crippen LogP contribution in [-0.4, -0.2) is 29.5 Å². The number of benzene rings is 1. The van der Waals surface area contributed by atoms with Gasteiger partial charge in [-0.05, 0) is 36.6 Å². The van der Waals surface area contributed by atoms with E-state index in [1.807, 2.05) is 13.1 Å². The highest BCUT2D eigenvalue weighted by Crippen LogP contribution is 2.32. The minimum absolute atomic E-state index is 0. The molecule has 1 aliphatic heterocycles. The second kappa shape index (κ2) is 7.73. The number of nitrogens with zero attached hydrogens (tertiary/aromatic N) is 2. The molecule has 1 saturated heterocycles. The summed E-state index contributed by atoms with van der Waals surface area (Å²) in [5, 5.41) is 0. The molecule has 22 heavy (non-hydrogen) atoms. The summed E-state index contributed by atoms with van der Waals surface area (Å²) in [7, 11) is 0. The number of nitrogens with two attached hydrogens (primary N) is 1. The zero-order valence-electron chi connectivity index (χ0n) is 13.0. The van der Waals surface area contributed by atoms with Crippen molar-refractivity contribution in [3.05, 3.63) is 65.5 Å². The zero-order valence-corrected chi connectivity index (χ0v) is 13.8. The summed E-state index contributed by atoms with van der Waals surface area (Å²) < 4.78 is 0. The van der Waals surface area contributed by atoms with E-state index in [4.69, 9.17) is 5.73 Å². The number of rotatable bonds is 4. The van der Waals surface area contributed by atoms with Crippen LogP contribution < -0.4 is 5.73 Å². The first-order chi connectivity index (χ1) is 10.3. The van der Waals surface area contributed by atoms with E-state index < -0.39 is 0 Å². The number of aromatic nitrogens is 1. The van der Waals surface area contributed by atoms with Crippen LogP contribution in [0, 0.1) is 12.8 Å². The fourth-order valence-corrected chi connectivity index (χ4v) is 3.26. The van der Waals surface area contributed by atoms with E-state index in [-0.39, 0.29) is 12.4 Å². The summed E-state index contributed by atoms with van der Waals surface area (Å²) in [6.07, 6.45) is 1.99. The zero-order chi connectivity index (χ0) is 14.7. The van der Waals surface area contributed by atoms with Gasteiger partial charge in [0.2, 0.25) is 0 Å². The van der Waals surface area contributed by atoms with Gasteiger partial charge in [0.05, 0.1) is 0 Å². The van der Waals surface area contributed by atoms with Gasteiger partial charge in [0, 0.05) is 37.4 Å². The first-order valence-corrected chi connectivity index (χ1v) is 7.65. The molecule has 118 valence electrons. The van der Waals surface area contributed by atoms with Crippen LogP contribution in [-0.2, 0) is 6.54 Å². The third-order valence-corrected chi connectivity index (χ3v) is 4.43. The molecule has 4 heteroatoms. The number of halogens is 1. The van der Waals surface area contributed by atoms with Gasteiger partial charge in [-0.15, -0.1) is 12.4 Å². The van der Waals surface area contributed by atoms with Crippen molar-refractivity contribution in [1.29, 1.82) is 0 Å². The fourth-order valence-electron chi connectivity index (χ4n) is 3.26. The average molecular weight is 318 g/mol. The van der Waals surface area contributed by atoms with Crippen LogP contribution in [0.15, 0.2) is 48.7 Å². The molecular formula is C18H24ClN3. The van der Waals surface area contributed by atoms with Crippen molar-refractivity contribution in [2.45, 2.75) is 19.4 Å². The van der Waals surface area contributed by atoms with E-state index in [0.29, 0.717) is 11.8 Å². The normalized spacial score (nSPS) is 21.5. The minimum Gasteiger partial charge on any atom is -0.330 e. The van der Waals surface area contributed by atoms with Crippen LogP contribution >= 0.6 is 12.4 Å². The molecule has 1 fully saturated rings. The van der Waals surface area contributed by atoms with Crippen molar-refractivity contribution >= 4 is 12.4 Å². The molecule has 0 saturated carbocycles. The van der Waals surface area contributed by atoms with Crippen LogP contribution in [0.2, 0.25) is 0 Å². The maximum atomic E-state index is 6.00. The first-order valence-electron chi connectivity index (χ1n) is 7.65. The highest BCUT2D eigenvalue weighted by atomic mass is 35.5. The third-order valence-electron chi connectivity index (χ3n) is 4.43. The van der Waals surface area contributed by atoms with Gasteiger partial charge in [-0.1, -0.05) is 36.4 Å². The largest absolute Gasteiger partial charge is 0.330 e. The van der Waals surface area contributed by atoms with Crippen molar-refractivity contribution in [3.63, 3.8) is 0 Å². The van der Waals surface area contributed by atoms with Crippen molar-refractivity contribution in [3.8, 4) is 0 Å². The molecule has 2 heterocycles. The lowest BCUT2D eigenvalue weighted by Gasteiger charge is -2.16. The number of pyridine rings is 1. The summed E-state index contributed by atoms with van der Waals surface area (Å²) in [5.41, 5.74) is 9.77. The topological polar surface area (TPSA) is 42.1 Å². The lowest BCUT2D eigenvalue weighted by Crippen LogP contribution is -2.23. The Hall–Kier alpha value is -1.42. The lowest BCUT2D eigenvalue weighted by atomic mass is 9.89. The average Bonchev–Trinajstić information content (AvgIpc) is 2.93. The van der Waals surface area contributed by atoms with Gasteiger partial charge >= 0.3 is 0 Å². The Balaban J connectivity index is 0.00000176. The van der Waals surface area contributed by atoms with Crippen LogP contribution in [0.5, 0.6) is 0 Å². The highest BCUT2D eigenvalue weighted by molar-refractivity contribution is 5.85. The van der Waals surface area contributed by atoms with E-state index in [2.05, 4.69) is 52.3 Å². The molecule has 0 aliphatic carbocycles. The van der Waals surface area contributed by atoms with Crippen LogP contribution in [0.4, 0.5) is 0 Å². The van der Waals surface area contributed by atoms with Gasteiger partial charge < -0.3 is 5.73 Å². The molecule has 1 aromatic heterocycles. The van der Waals surface area contributed by atoms with E-state index in [1.54, 1.807) is 0 Å². The predicted octanol–water partition coefficient (Wildman–Crippen LogP) is 2.99. The quantitative estimate of drug-likeness (QED) is 0.942. The van der Waals surface area contributed by atoms with Crippen molar-refractivity contribution < 1.29 is 0 Å². The SMILES string of the molecule is Cc1ccc(CN2C[C@@H](CN)[C@H](c3ccccc3)C2)cn1.Cl. The molecule has 2 aromatic rings. The molecule has 3 nitrogen and oxygen atoms in total. The summed E-state index contributed by atoms with van der Waals surface area (Å²) >= 11 is 0. The summed E-state index contributed by atoms with van der Waals surface area (Å²) in [6, 6.07) is 15.0. The van der Waals surface area contributed by atoms with E-state index >= 15 is 0 Å². The lowest BCUT2D eigenvalue weighted by molar-refractivity contribution is 0.316. The molecule has 0 bridgehead atoms. The molecule has 2 N–H and O–H groups in total. The Labute approximate surface area is 139 Å². The maximum absolute atomic E-state index is 6.00. The van der Waals surface area contributed by atoms with Gasteiger partial charge in [-0.3, -0.25) is 9.88 Å². The number of likely N-dealkylation sites (tertiary alicyclic amines) is 1. The number of hydrogen-bond acceptors (Lipinski definition) is 3. The predicted molar refractivity (Wildman–Crippen MR) is 93.2 cm³/mol. The molecule has 3 rings (SSSR count). The Bertz CT molecular complexity index is 571. The molecular weight excluding hydrogens is 294 g/mol. The molecule has 0 radical (unpaired) electrons. The molecule has 1 aromatic carbocycles. The maximum Gasteiger partial charge on any atom is 0.0372 e. The standard InChI is InChI=1S/C18H23N3.ClH/c1-14-7-8-15(10-20-14)11-21-12-17(9-19)18(13-21)16-5-3-2-4-6-16;/h2-8,10,17-18H,9,11-13,19H2,1H3;1H/t17-,18+;/m1./s1. The van der Waals surface area contributed by atoms with E-state index in [1.165, 1.54) is 11.1 Å². The molecule has 0 amide bonds. The second-order valence-corrected chi connectivity index (χ2v) is 6.01.